The van der Waals surface area contributed by atoms with Gasteiger partial charge in [0.15, 0.2) is 5.58 Å². The fourth-order valence-corrected chi connectivity index (χ4v) is 12.3. The molecule has 0 saturated carbocycles. The number of imidazole rings is 2. The SMILES string of the molecule is CC(C)c1cccc(C(C)C)c1-n1c(-c2cc(-c3cccc4c3nc(-c3cc(C(C)(C)C)cc(C(C)(C)C)c3O)n4-c3ccccc3-c3ccccc3)cc(C(C)(C)C)c2)nc2ccc3c(oc4ccc5oc6ccccc6c5c43)c21. The predicted molar refractivity (Wildman–Crippen MR) is 338 cm³/mol. The van der Waals surface area contributed by atoms with Crippen molar-refractivity contribution < 1.29 is 13.9 Å². The van der Waals surface area contributed by atoms with Crippen LogP contribution in [0.25, 0.3) is 122 Å². The van der Waals surface area contributed by atoms with Gasteiger partial charge >= 0.3 is 0 Å². The molecule has 0 fully saturated rings. The molecule has 7 nitrogen and oxygen atoms in total. The first kappa shape index (κ1) is 51.7. The average molecular weight is 1060 g/mol. The lowest BCUT2D eigenvalue weighted by Crippen LogP contribution is -2.17. The number of nitrogens with zero attached hydrogens (tertiary/aromatic N) is 4. The molecule has 13 aromatic rings. The van der Waals surface area contributed by atoms with Gasteiger partial charge in [-0.1, -0.05) is 199 Å². The Morgan fingerprint density at radius 1 is 0.457 bits per heavy atom. The Hall–Kier alpha value is -8.68. The number of hydrogen-bond acceptors (Lipinski definition) is 5. The van der Waals surface area contributed by atoms with E-state index in [4.69, 9.17) is 18.8 Å². The zero-order valence-electron chi connectivity index (χ0n) is 48.9. The molecule has 4 aromatic heterocycles. The number of fused-ring (bicyclic) bond motifs is 10. The minimum absolute atomic E-state index is 0.198. The minimum atomic E-state index is -0.354. The predicted octanol–water partition coefficient (Wildman–Crippen LogP) is 20.7. The van der Waals surface area contributed by atoms with Gasteiger partial charge in [-0.25, -0.2) is 9.97 Å². The van der Waals surface area contributed by atoms with Crippen LogP contribution in [0.15, 0.2) is 179 Å². The lowest BCUT2D eigenvalue weighted by atomic mass is 9.79. The van der Waals surface area contributed by atoms with Crippen molar-refractivity contribution in [3.05, 3.63) is 198 Å². The zero-order valence-corrected chi connectivity index (χ0v) is 48.9. The monoisotopic (exact) mass is 1060 g/mol. The number of hydrogen-bond donors (Lipinski definition) is 1. The number of aromatic hydroxyl groups is 1. The van der Waals surface area contributed by atoms with E-state index in [9.17, 15) is 5.11 Å². The summed E-state index contributed by atoms with van der Waals surface area (Å²) >= 11 is 0. The zero-order chi connectivity index (χ0) is 56.6. The quantitative estimate of drug-likeness (QED) is 0.164. The van der Waals surface area contributed by atoms with E-state index in [2.05, 4.69) is 245 Å². The van der Waals surface area contributed by atoms with Crippen LogP contribution in [0, 0.1) is 0 Å². The Morgan fingerprint density at radius 3 is 1.78 bits per heavy atom. The van der Waals surface area contributed by atoms with Crippen LogP contribution in [0.3, 0.4) is 0 Å². The van der Waals surface area contributed by atoms with Gasteiger partial charge < -0.3 is 13.9 Å². The summed E-state index contributed by atoms with van der Waals surface area (Å²) in [4.78, 5) is 11.5. The normalized spacial score (nSPS) is 12.8. The van der Waals surface area contributed by atoms with Crippen LogP contribution < -0.4 is 0 Å². The first-order valence-corrected chi connectivity index (χ1v) is 28.7. The molecule has 0 saturated heterocycles. The summed E-state index contributed by atoms with van der Waals surface area (Å²) in [5.74, 6) is 2.14. The van der Waals surface area contributed by atoms with E-state index >= 15 is 0 Å². The van der Waals surface area contributed by atoms with E-state index in [0.29, 0.717) is 11.4 Å². The number of benzene rings is 9. The van der Waals surface area contributed by atoms with Crippen LogP contribution in [-0.4, -0.2) is 24.2 Å². The molecular weight excluding hydrogens is 993 g/mol. The topological polar surface area (TPSA) is 82.1 Å². The van der Waals surface area contributed by atoms with Gasteiger partial charge in [-0.3, -0.25) is 9.13 Å². The summed E-state index contributed by atoms with van der Waals surface area (Å²) in [6.45, 7) is 29.2. The Balaban J connectivity index is 1.13. The summed E-state index contributed by atoms with van der Waals surface area (Å²) in [5, 5.41) is 16.9. The molecule has 0 atom stereocenters. The summed E-state index contributed by atoms with van der Waals surface area (Å²) in [7, 11) is 0. The Morgan fingerprint density at radius 2 is 1.07 bits per heavy atom. The van der Waals surface area contributed by atoms with E-state index in [-0.39, 0.29) is 33.8 Å². The molecule has 0 aliphatic heterocycles. The van der Waals surface area contributed by atoms with Gasteiger partial charge in [0.05, 0.1) is 33.5 Å². The lowest BCUT2D eigenvalue weighted by molar-refractivity contribution is 0.446. The Labute approximate surface area is 474 Å². The lowest BCUT2D eigenvalue weighted by Gasteiger charge is -2.27. The number of phenolic OH excluding ortho intramolecular Hbond substituents is 1. The Bertz CT molecular complexity index is 4630. The molecule has 0 spiro atoms. The molecule has 0 unspecified atom stereocenters. The molecule has 0 radical (unpaired) electrons. The average Bonchev–Trinajstić information content (AvgIpc) is 3.45. The fraction of sp³-hybridized carbons (Fsp3) is 0.243. The number of para-hydroxylation sites is 4. The molecule has 81 heavy (non-hydrogen) atoms. The van der Waals surface area contributed by atoms with Crippen LogP contribution in [0.4, 0.5) is 0 Å². The van der Waals surface area contributed by atoms with Crippen molar-refractivity contribution in [1.82, 2.24) is 19.1 Å². The van der Waals surface area contributed by atoms with E-state index in [1.54, 1.807) is 0 Å². The molecule has 404 valence electrons. The van der Waals surface area contributed by atoms with E-state index < -0.39 is 0 Å². The first-order valence-electron chi connectivity index (χ1n) is 28.7. The molecule has 0 aliphatic carbocycles. The number of phenols is 1. The van der Waals surface area contributed by atoms with Crippen LogP contribution in [0.2, 0.25) is 0 Å². The third kappa shape index (κ3) is 8.46. The molecular formula is C74H70N4O3. The van der Waals surface area contributed by atoms with Gasteiger partial charge in [0.2, 0.25) is 0 Å². The van der Waals surface area contributed by atoms with Crippen molar-refractivity contribution in [2.45, 2.75) is 118 Å². The number of rotatable bonds is 8. The van der Waals surface area contributed by atoms with Crippen molar-refractivity contribution in [3.8, 4) is 62.2 Å². The van der Waals surface area contributed by atoms with Gasteiger partial charge in [-0.2, -0.15) is 0 Å². The number of aromatic nitrogens is 4. The van der Waals surface area contributed by atoms with E-state index in [0.717, 1.165) is 128 Å². The highest BCUT2D eigenvalue weighted by atomic mass is 16.3. The van der Waals surface area contributed by atoms with Gasteiger partial charge in [-0.15, -0.1) is 0 Å². The molecule has 7 heteroatoms. The van der Waals surface area contributed by atoms with Crippen LogP contribution >= 0.6 is 0 Å². The molecule has 9 aromatic carbocycles. The van der Waals surface area contributed by atoms with Crippen LogP contribution in [0.1, 0.15) is 130 Å². The highest BCUT2D eigenvalue weighted by Crippen LogP contribution is 2.49. The standard InChI is InChI=1S/C74H70N4O3/c1-42(2)49-27-21-28-50(43(3)4)66(49)78-67-57(34-33-54-64-62(81-69(54)67)36-35-61-63(64)53-26-18-20-32-60(53)80-61)75-70(78)46-37-45(38-47(39-46)72(5,6)7)52-29-22-31-59-65(52)76-71(55-40-48(73(8,9)10)41-56(68(55)79)74(11,12)13)77(59)58-30-19-17-25-51(58)44-23-15-14-16-24-44/h14-43,79H,1-13H3. The fourth-order valence-electron chi connectivity index (χ4n) is 12.3. The van der Waals surface area contributed by atoms with Crippen molar-refractivity contribution in [3.63, 3.8) is 0 Å². The maximum absolute atomic E-state index is 12.7. The maximum Gasteiger partial charge on any atom is 0.161 e. The number of furan rings is 2. The van der Waals surface area contributed by atoms with Gasteiger partial charge in [0.1, 0.15) is 39.7 Å². The summed E-state index contributed by atoms with van der Waals surface area (Å²) in [6, 6.07) is 60.5. The molecule has 13 rings (SSSR count). The second-order valence-corrected chi connectivity index (χ2v) is 26.0. The molecule has 0 bridgehead atoms. The largest absolute Gasteiger partial charge is 0.507 e. The van der Waals surface area contributed by atoms with Crippen molar-refractivity contribution in [2.75, 3.05) is 0 Å². The molecule has 1 N–H and O–H groups in total. The Kier molecular flexibility index (Phi) is 11.9. The third-order valence-corrected chi connectivity index (χ3v) is 16.6. The van der Waals surface area contributed by atoms with E-state index in [1.807, 2.05) is 24.3 Å². The smallest absolute Gasteiger partial charge is 0.161 e. The molecule has 0 aliphatic rings. The van der Waals surface area contributed by atoms with Crippen molar-refractivity contribution in [1.29, 1.82) is 0 Å². The summed E-state index contributed by atoms with van der Waals surface area (Å²) in [6.07, 6.45) is 0. The summed E-state index contributed by atoms with van der Waals surface area (Å²) in [5.41, 5.74) is 19.5. The van der Waals surface area contributed by atoms with Gasteiger partial charge in [-0.05, 0) is 122 Å². The third-order valence-electron chi connectivity index (χ3n) is 16.6. The van der Waals surface area contributed by atoms with Gasteiger partial charge in [0, 0.05) is 43.8 Å². The van der Waals surface area contributed by atoms with Crippen molar-refractivity contribution in [2.24, 2.45) is 0 Å². The second kappa shape index (κ2) is 18.7. The highest BCUT2D eigenvalue weighted by molar-refractivity contribution is 6.28. The van der Waals surface area contributed by atoms with Gasteiger partial charge in [0.25, 0.3) is 0 Å². The second-order valence-electron chi connectivity index (χ2n) is 26.0. The van der Waals surface area contributed by atoms with Crippen LogP contribution in [-0.2, 0) is 16.2 Å². The highest BCUT2D eigenvalue weighted by Gasteiger charge is 2.32. The van der Waals surface area contributed by atoms with Crippen molar-refractivity contribution >= 4 is 65.9 Å². The molecule has 0 amide bonds. The van der Waals surface area contributed by atoms with Crippen LogP contribution in [0.5, 0.6) is 5.75 Å². The molecule has 4 heterocycles. The summed E-state index contributed by atoms with van der Waals surface area (Å²) < 4.78 is 18.3. The first-order chi connectivity index (χ1) is 38.7. The minimum Gasteiger partial charge on any atom is -0.507 e. The maximum atomic E-state index is 12.7. The van der Waals surface area contributed by atoms with E-state index in [1.165, 1.54) is 11.1 Å².